The number of nitrogens with zero attached hydrogens (tertiary/aromatic N) is 6. The van der Waals surface area contributed by atoms with Gasteiger partial charge in [0.25, 0.3) is 0 Å². The maximum Gasteiger partial charge on any atom is 0.418 e. The molecule has 41 heavy (non-hydrogen) atoms. The van der Waals surface area contributed by atoms with E-state index in [1.807, 2.05) is 23.4 Å². The van der Waals surface area contributed by atoms with E-state index in [4.69, 9.17) is 4.74 Å². The van der Waals surface area contributed by atoms with Gasteiger partial charge in [0.2, 0.25) is 0 Å². The average Bonchev–Trinajstić information content (AvgIpc) is 3.50. The Labute approximate surface area is 236 Å². The number of aromatic nitrogens is 5. The molecule has 3 atom stereocenters. The van der Waals surface area contributed by atoms with Crippen LogP contribution in [0.4, 0.5) is 17.6 Å². The van der Waals surface area contributed by atoms with Gasteiger partial charge in [-0.15, -0.1) is 10.2 Å². The van der Waals surface area contributed by atoms with E-state index in [-0.39, 0.29) is 35.0 Å². The third kappa shape index (κ3) is 4.90. The lowest BCUT2D eigenvalue weighted by atomic mass is 9.55. The van der Waals surface area contributed by atoms with Crippen LogP contribution in [0.25, 0.3) is 5.52 Å². The zero-order chi connectivity index (χ0) is 29.1. The Morgan fingerprint density at radius 1 is 1.12 bits per heavy atom. The second-order valence-electron chi connectivity index (χ2n) is 12.4. The number of piperidine rings is 1. The van der Waals surface area contributed by atoms with Crippen LogP contribution in [0.15, 0.2) is 29.6 Å². The van der Waals surface area contributed by atoms with Crippen LogP contribution in [0.5, 0.6) is 0 Å². The van der Waals surface area contributed by atoms with Crippen LogP contribution in [0.1, 0.15) is 87.3 Å². The summed E-state index contributed by atoms with van der Waals surface area (Å²) in [5.41, 5.74) is -1.23. The van der Waals surface area contributed by atoms with Crippen molar-refractivity contribution >= 4 is 5.52 Å². The molecule has 0 spiro atoms. The summed E-state index contributed by atoms with van der Waals surface area (Å²) in [5, 5.41) is 8.56. The van der Waals surface area contributed by atoms with E-state index < -0.39 is 23.6 Å². The molecule has 224 valence electrons. The standard InChI is InChI=1S/C29H38F4N6O2/c1-18(37-9-7-21(30)8-10-37)19-11-24(29(31,32)33)25-16-38(27(40)39(25)15-19)22-6-4-5-20(12-22)28(13-23(14-28)41-3)26-35-34-17-36(26)2/h11,15-18,20-23H,4-10,12-14H2,1-3H3/t18-,20?,22?,23-,28-/m1/s1. The van der Waals surface area contributed by atoms with Crippen molar-refractivity contribution in [2.45, 2.75) is 94.2 Å². The van der Waals surface area contributed by atoms with Crippen LogP contribution in [-0.4, -0.2) is 61.1 Å². The van der Waals surface area contributed by atoms with Crippen LogP contribution in [0, 0.1) is 5.92 Å². The van der Waals surface area contributed by atoms with E-state index in [1.54, 1.807) is 19.6 Å². The molecule has 0 radical (unpaired) electrons. The summed E-state index contributed by atoms with van der Waals surface area (Å²) >= 11 is 0. The lowest BCUT2D eigenvalue weighted by Crippen LogP contribution is -2.53. The lowest BCUT2D eigenvalue weighted by molar-refractivity contribution is -0.136. The van der Waals surface area contributed by atoms with Crippen LogP contribution < -0.4 is 5.69 Å². The first-order chi connectivity index (χ1) is 19.5. The summed E-state index contributed by atoms with van der Waals surface area (Å²) in [6, 6.07) is 0.566. The van der Waals surface area contributed by atoms with Gasteiger partial charge in [-0.05, 0) is 69.4 Å². The number of alkyl halides is 4. The van der Waals surface area contributed by atoms with Crippen molar-refractivity contribution in [3.63, 3.8) is 0 Å². The molecule has 0 N–H and O–H groups in total. The Kier molecular flexibility index (Phi) is 7.28. The third-order valence-electron chi connectivity index (χ3n) is 10.1. The molecule has 2 aliphatic carbocycles. The third-order valence-corrected chi connectivity index (χ3v) is 10.1. The molecule has 6 rings (SSSR count). The molecule has 3 aliphatic rings. The van der Waals surface area contributed by atoms with E-state index >= 15 is 0 Å². The molecule has 2 saturated carbocycles. The van der Waals surface area contributed by atoms with Gasteiger partial charge < -0.3 is 9.30 Å². The summed E-state index contributed by atoms with van der Waals surface area (Å²) in [7, 11) is 3.64. The molecule has 3 aromatic heterocycles. The largest absolute Gasteiger partial charge is 0.418 e. The minimum Gasteiger partial charge on any atom is -0.381 e. The van der Waals surface area contributed by atoms with Gasteiger partial charge in [-0.1, -0.05) is 6.42 Å². The summed E-state index contributed by atoms with van der Waals surface area (Å²) in [6.07, 6.45) is 4.79. The van der Waals surface area contributed by atoms with Crippen LogP contribution in [0.3, 0.4) is 0 Å². The van der Waals surface area contributed by atoms with Gasteiger partial charge in [-0.2, -0.15) is 13.2 Å². The van der Waals surface area contributed by atoms with Gasteiger partial charge in [-0.25, -0.2) is 9.18 Å². The Bertz CT molecular complexity index is 1450. The predicted molar refractivity (Wildman–Crippen MR) is 144 cm³/mol. The highest BCUT2D eigenvalue weighted by Crippen LogP contribution is 2.55. The van der Waals surface area contributed by atoms with Gasteiger partial charge in [0.05, 0.1) is 17.2 Å². The first-order valence-corrected chi connectivity index (χ1v) is 14.6. The van der Waals surface area contributed by atoms with Crippen molar-refractivity contribution in [3.05, 3.63) is 52.2 Å². The molecule has 1 saturated heterocycles. The highest BCUT2D eigenvalue weighted by Gasteiger charge is 2.54. The number of fused-ring (bicyclic) bond motifs is 1. The van der Waals surface area contributed by atoms with Crippen molar-refractivity contribution < 1.29 is 22.3 Å². The van der Waals surface area contributed by atoms with Crippen molar-refractivity contribution in [2.24, 2.45) is 13.0 Å². The van der Waals surface area contributed by atoms with Crippen molar-refractivity contribution in [2.75, 3.05) is 20.2 Å². The summed E-state index contributed by atoms with van der Waals surface area (Å²) in [4.78, 5) is 15.8. The molecule has 4 heterocycles. The zero-order valence-corrected chi connectivity index (χ0v) is 23.8. The Morgan fingerprint density at radius 2 is 1.85 bits per heavy atom. The van der Waals surface area contributed by atoms with Crippen LogP contribution >= 0.6 is 0 Å². The minimum atomic E-state index is -4.63. The fourth-order valence-electron chi connectivity index (χ4n) is 7.68. The second-order valence-corrected chi connectivity index (χ2v) is 12.4. The number of halogens is 4. The number of likely N-dealkylation sites (tertiary alicyclic amines) is 1. The Hall–Kier alpha value is -2.73. The molecule has 12 heteroatoms. The maximum atomic E-state index is 14.4. The monoisotopic (exact) mass is 578 g/mol. The summed E-state index contributed by atoms with van der Waals surface area (Å²) < 4.78 is 67.1. The fraction of sp³-hybridized carbons (Fsp3) is 0.690. The van der Waals surface area contributed by atoms with E-state index in [0.717, 1.165) is 44.0 Å². The number of hydrogen-bond donors (Lipinski definition) is 0. The first-order valence-electron chi connectivity index (χ1n) is 14.6. The lowest BCUT2D eigenvalue weighted by Gasteiger charge is -2.52. The highest BCUT2D eigenvalue weighted by molar-refractivity contribution is 5.56. The van der Waals surface area contributed by atoms with E-state index in [0.29, 0.717) is 37.9 Å². The van der Waals surface area contributed by atoms with Gasteiger partial charge in [0, 0.05) is 57.1 Å². The number of pyridine rings is 1. The van der Waals surface area contributed by atoms with E-state index in [1.165, 1.54) is 15.2 Å². The second kappa shape index (κ2) is 10.5. The smallest absolute Gasteiger partial charge is 0.381 e. The fourth-order valence-corrected chi connectivity index (χ4v) is 7.68. The maximum absolute atomic E-state index is 14.4. The molecular formula is C29H38F4N6O2. The SMILES string of the molecule is CO[C@H]1C[C@@](c2nncn2C)(C2CCCC(n3cc4c(C(F)(F)F)cc([C@@H](C)N5CCC(F)CC5)cn4c3=O)C2)C1. The molecule has 8 nitrogen and oxygen atoms in total. The number of hydrogen-bond acceptors (Lipinski definition) is 5. The van der Waals surface area contributed by atoms with Gasteiger partial charge in [-0.3, -0.25) is 13.9 Å². The number of ether oxygens (including phenoxy) is 1. The highest BCUT2D eigenvalue weighted by atomic mass is 19.4. The number of imidazole rings is 1. The molecule has 1 aliphatic heterocycles. The average molecular weight is 579 g/mol. The van der Waals surface area contributed by atoms with Crippen LogP contribution in [0.2, 0.25) is 0 Å². The predicted octanol–water partition coefficient (Wildman–Crippen LogP) is 5.22. The quantitative estimate of drug-likeness (QED) is 0.375. The molecule has 3 aromatic rings. The van der Waals surface area contributed by atoms with E-state index in [9.17, 15) is 22.4 Å². The van der Waals surface area contributed by atoms with Crippen molar-refractivity contribution in [1.82, 2.24) is 28.6 Å². The topological polar surface area (TPSA) is 69.6 Å². The minimum absolute atomic E-state index is 0.123. The van der Waals surface area contributed by atoms with Crippen molar-refractivity contribution in [1.29, 1.82) is 0 Å². The van der Waals surface area contributed by atoms with Crippen LogP contribution in [-0.2, 0) is 23.4 Å². The molecule has 0 bridgehead atoms. The number of rotatable bonds is 6. The van der Waals surface area contributed by atoms with Crippen molar-refractivity contribution in [3.8, 4) is 0 Å². The van der Waals surface area contributed by atoms with Gasteiger partial charge >= 0.3 is 11.9 Å². The molecule has 2 unspecified atom stereocenters. The number of methoxy groups -OCH3 is 1. The van der Waals surface area contributed by atoms with E-state index in [2.05, 4.69) is 10.2 Å². The Morgan fingerprint density at radius 3 is 2.49 bits per heavy atom. The zero-order valence-electron chi connectivity index (χ0n) is 23.8. The van der Waals surface area contributed by atoms with Gasteiger partial charge in [0.15, 0.2) is 0 Å². The molecule has 3 fully saturated rings. The molecular weight excluding hydrogens is 540 g/mol. The molecule has 0 aromatic carbocycles. The molecule has 0 amide bonds. The summed E-state index contributed by atoms with van der Waals surface area (Å²) in [6.45, 7) is 2.77. The normalized spacial score (nSPS) is 29.1. The first kappa shape index (κ1) is 28.4. The Balaban J connectivity index is 1.35. The summed E-state index contributed by atoms with van der Waals surface area (Å²) in [5.74, 6) is 1.10. The van der Waals surface area contributed by atoms with Gasteiger partial charge in [0.1, 0.15) is 18.3 Å². The number of aryl methyl sites for hydroxylation is 1.